The first-order valence-corrected chi connectivity index (χ1v) is 8.74. The van der Waals surface area contributed by atoms with Crippen molar-refractivity contribution >= 4 is 21.6 Å². The average Bonchev–Trinajstić information content (AvgIpc) is 2.77. The normalized spacial score (nSPS) is 23.1. The van der Waals surface area contributed by atoms with Crippen molar-refractivity contribution < 1.29 is 8.42 Å². The minimum Gasteiger partial charge on any atom is -0.316 e. The van der Waals surface area contributed by atoms with E-state index in [-0.39, 0.29) is 10.9 Å². The van der Waals surface area contributed by atoms with Crippen molar-refractivity contribution in [2.24, 2.45) is 5.92 Å². The highest BCUT2D eigenvalue weighted by Gasteiger charge is 2.26. The van der Waals surface area contributed by atoms with Crippen molar-refractivity contribution in [3.8, 4) is 0 Å². The Morgan fingerprint density at radius 1 is 1.35 bits per heavy atom. The SMILES string of the molecule is CNCc1cc(S(=O)(=O)NC2CCC(C)C2)ccc1Cl. The highest BCUT2D eigenvalue weighted by Crippen LogP contribution is 2.27. The summed E-state index contributed by atoms with van der Waals surface area (Å²) < 4.78 is 27.6. The van der Waals surface area contributed by atoms with E-state index in [0.717, 1.165) is 24.8 Å². The van der Waals surface area contributed by atoms with Crippen LogP contribution < -0.4 is 10.0 Å². The summed E-state index contributed by atoms with van der Waals surface area (Å²) >= 11 is 6.06. The van der Waals surface area contributed by atoms with Gasteiger partial charge in [0.05, 0.1) is 4.90 Å². The van der Waals surface area contributed by atoms with Crippen molar-refractivity contribution in [3.05, 3.63) is 28.8 Å². The first-order valence-electron chi connectivity index (χ1n) is 6.87. The Bertz CT molecular complexity index is 575. The maximum absolute atomic E-state index is 12.4. The van der Waals surface area contributed by atoms with Crippen LogP contribution in [0.4, 0.5) is 0 Å². The number of sulfonamides is 1. The maximum atomic E-state index is 12.4. The molecule has 1 aromatic carbocycles. The third-order valence-electron chi connectivity index (χ3n) is 3.71. The molecule has 0 radical (unpaired) electrons. The van der Waals surface area contributed by atoms with E-state index in [1.54, 1.807) is 25.2 Å². The molecule has 1 fully saturated rings. The summed E-state index contributed by atoms with van der Waals surface area (Å²) in [6.45, 7) is 2.70. The number of halogens is 1. The second kappa shape index (κ2) is 6.43. The molecule has 2 rings (SSSR count). The Morgan fingerprint density at radius 3 is 2.70 bits per heavy atom. The summed E-state index contributed by atoms with van der Waals surface area (Å²) in [5.41, 5.74) is 0.789. The average molecular weight is 317 g/mol. The first kappa shape index (κ1) is 15.8. The molecule has 1 aliphatic carbocycles. The van der Waals surface area contributed by atoms with Gasteiger partial charge in [-0.3, -0.25) is 0 Å². The molecule has 6 heteroatoms. The van der Waals surface area contributed by atoms with E-state index >= 15 is 0 Å². The Balaban J connectivity index is 2.18. The lowest BCUT2D eigenvalue weighted by Gasteiger charge is -2.14. The minimum absolute atomic E-state index is 0.0541. The van der Waals surface area contributed by atoms with E-state index in [4.69, 9.17) is 11.6 Å². The quantitative estimate of drug-likeness (QED) is 0.877. The molecule has 0 aliphatic heterocycles. The molecule has 0 bridgehead atoms. The molecule has 0 saturated heterocycles. The van der Waals surface area contributed by atoms with Gasteiger partial charge in [0.2, 0.25) is 10.0 Å². The van der Waals surface area contributed by atoms with Gasteiger partial charge in [-0.05, 0) is 56.0 Å². The number of hydrogen-bond donors (Lipinski definition) is 2. The zero-order chi connectivity index (χ0) is 14.8. The molecule has 112 valence electrons. The van der Waals surface area contributed by atoms with Crippen molar-refractivity contribution in [2.45, 2.75) is 43.7 Å². The lowest BCUT2D eigenvalue weighted by Crippen LogP contribution is -2.33. The second-order valence-electron chi connectivity index (χ2n) is 5.52. The van der Waals surface area contributed by atoms with Gasteiger partial charge >= 0.3 is 0 Å². The lowest BCUT2D eigenvalue weighted by molar-refractivity contribution is 0.538. The highest BCUT2D eigenvalue weighted by atomic mass is 35.5. The summed E-state index contributed by atoms with van der Waals surface area (Å²) in [4.78, 5) is 0.284. The van der Waals surface area contributed by atoms with E-state index < -0.39 is 10.0 Å². The van der Waals surface area contributed by atoms with Crippen LogP contribution in [-0.4, -0.2) is 21.5 Å². The molecule has 2 N–H and O–H groups in total. The molecule has 0 heterocycles. The molecule has 4 nitrogen and oxygen atoms in total. The zero-order valence-electron chi connectivity index (χ0n) is 11.8. The Kier molecular flexibility index (Phi) is 5.07. The van der Waals surface area contributed by atoms with Gasteiger partial charge in [-0.1, -0.05) is 18.5 Å². The van der Waals surface area contributed by atoms with Crippen LogP contribution in [0.1, 0.15) is 31.7 Å². The van der Waals surface area contributed by atoms with Crippen molar-refractivity contribution in [2.75, 3.05) is 7.05 Å². The number of hydrogen-bond acceptors (Lipinski definition) is 3. The summed E-state index contributed by atoms with van der Waals surface area (Å²) in [7, 11) is -1.66. The van der Waals surface area contributed by atoms with E-state index in [2.05, 4.69) is 17.0 Å². The maximum Gasteiger partial charge on any atom is 0.240 e. The predicted octanol–water partition coefficient (Wildman–Crippen LogP) is 2.53. The van der Waals surface area contributed by atoms with Crippen LogP contribution >= 0.6 is 11.6 Å². The van der Waals surface area contributed by atoms with Gasteiger partial charge < -0.3 is 5.32 Å². The van der Waals surface area contributed by atoms with Gasteiger partial charge in [0.1, 0.15) is 0 Å². The number of rotatable bonds is 5. The van der Waals surface area contributed by atoms with E-state index in [9.17, 15) is 8.42 Å². The molecule has 2 unspecified atom stereocenters. The molecule has 1 aromatic rings. The second-order valence-corrected chi connectivity index (χ2v) is 7.64. The zero-order valence-corrected chi connectivity index (χ0v) is 13.4. The molecule has 2 atom stereocenters. The number of nitrogens with one attached hydrogen (secondary N) is 2. The fraction of sp³-hybridized carbons (Fsp3) is 0.571. The standard InChI is InChI=1S/C14H21ClN2O2S/c1-10-3-4-12(7-10)17-20(18,19)13-5-6-14(15)11(8-13)9-16-2/h5-6,8,10,12,16-17H,3-4,7,9H2,1-2H3. The fourth-order valence-electron chi connectivity index (χ4n) is 2.65. The Hall–Kier alpha value is -0.620. The summed E-state index contributed by atoms with van der Waals surface area (Å²) in [5, 5.41) is 3.56. The fourth-order valence-corrected chi connectivity index (χ4v) is 4.16. The summed E-state index contributed by atoms with van der Waals surface area (Å²) in [6.07, 6.45) is 2.91. The first-order chi connectivity index (χ1) is 9.42. The van der Waals surface area contributed by atoms with Crippen LogP contribution in [0.25, 0.3) is 0 Å². The smallest absolute Gasteiger partial charge is 0.240 e. The van der Waals surface area contributed by atoms with Crippen molar-refractivity contribution in [1.82, 2.24) is 10.0 Å². The van der Waals surface area contributed by atoms with Gasteiger partial charge in [0, 0.05) is 17.6 Å². The molecule has 0 spiro atoms. The van der Waals surface area contributed by atoms with Crippen LogP contribution in [0.5, 0.6) is 0 Å². The van der Waals surface area contributed by atoms with Crippen LogP contribution in [0.2, 0.25) is 5.02 Å². The molecule has 0 amide bonds. The molecule has 0 aromatic heterocycles. The van der Waals surface area contributed by atoms with Gasteiger partial charge in [0.15, 0.2) is 0 Å². The third-order valence-corrected chi connectivity index (χ3v) is 5.60. The van der Waals surface area contributed by atoms with Gasteiger partial charge in [-0.2, -0.15) is 0 Å². The lowest BCUT2D eigenvalue weighted by atomic mass is 10.1. The summed E-state index contributed by atoms with van der Waals surface area (Å²) in [6, 6.07) is 4.89. The van der Waals surface area contributed by atoms with Crippen LogP contribution in [0.3, 0.4) is 0 Å². The highest BCUT2D eigenvalue weighted by molar-refractivity contribution is 7.89. The third kappa shape index (κ3) is 3.73. The predicted molar refractivity (Wildman–Crippen MR) is 81.3 cm³/mol. The molecular weight excluding hydrogens is 296 g/mol. The van der Waals surface area contributed by atoms with E-state index in [1.807, 2.05) is 0 Å². The van der Waals surface area contributed by atoms with Crippen molar-refractivity contribution in [1.29, 1.82) is 0 Å². The minimum atomic E-state index is -3.46. The Morgan fingerprint density at radius 2 is 2.10 bits per heavy atom. The van der Waals surface area contributed by atoms with E-state index in [0.29, 0.717) is 17.5 Å². The molecule has 20 heavy (non-hydrogen) atoms. The summed E-state index contributed by atoms with van der Waals surface area (Å²) in [5.74, 6) is 0.591. The van der Waals surface area contributed by atoms with Crippen LogP contribution in [-0.2, 0) is 16.6 Å². The van der Waals surface area contributed by atoms with Crippen LogP contribution in [0.15, 0.2) is 23.1 Å². The van der Waals surface area contributed by atoms with Gasteiger partial charge in [-0.15, -0.1) is 0 Å². The Labute approximate surface area is 126 Å². The van der Waals surface area contributed by atoms with Crippen LogP contribution in [0, 0.1) is 5.92 Å². The van der Waals surface area contributed by atoms with E-state index in [1.165, 1.54) is 0 Å². The van der Waals surface area contributed by atoms with Gasteiger partial charge in [0.25, 0.3) is 0 Å². The molecular formula is C14H21ClN2O2S. The van der Waals surface area contributed by atoms with Gasteiger partial charge in [-0.25, -0.2) is 13.1 Å². The largest absolute Gasteiger partial charge is 0.316 e. The number of benzene rings is 1. The topological polar surface area (TPSA) is 58.2 Å². The monoisotopic (exact) mass is 316 g/mol. The molecule has 1 aliphatic rings. The van der Waals surface area contributed by atoms with Crippen molar-refractivity contribution in [3.63, 3.8) is 0 Å². The molecule has 1 saturated carbocycles.